The number of alkyl halides is 3. The summed E-state index contributed by atoms with van der Waals surface area (Å²) in [6.07, 6.45) is 0.974. The first-order chi connectivity index (χ1) is 23.2. The maximum absolute atomic E-state index is 13.9. The lowest BCUT2D eigenvalue weighted by Gasteiger charge is -2.23. The number of Topliss-reactive ketones (excluding diaryl/α,β-unsaturated/α-hetero) is 1. The van der Waals surface area contributed by atoms with Gasteiger partial charge in [-0.1, -0.05) is 69.5 Å². The fourth-order valence-electron chi connectivity index (χ4n) is 5.47. The molecule has 1 fully saturated rings. The van der Waals surface area contributed by atoms with E-state index in [0.717, 1.165) is 35.9 Å². The second-order valence-electron chi connectivity index (χ2n) is 12.3. The number of anilines is 1. The third-order valence-electron chi connectivity index (χ3n) is 8.25. The van der Waals surface area contributed by atoms with Crippen LogP contribution in [0.5, 0.6) is 0 Å². The summed E-state index contributed by atoms with van der Waals surface area (Å²) in [5.74, 6) is -2.58. The molecule has 13 heteroatoms. The van der Waals surface area contributed by atoms with Gasteiger partial charge in [0.1, 0.15) is 6.04 Å². The molecule has 2 amide bonds. The van der Waals surface area contributed by atoms with Gasteiger partial charge in [0, 0.05) is 24.2 Å². The summed E-state index contributed by atoms with van der Waals surface area (Å²) < 4.78 is 32.5. The Bertz CT molecular complexity index is 1770. The van der Waals surface area contributed by atoms with Crippen LogP contribution in [-0.4, -0.2) is 39.8 Å². The standard InChI is InChI=1S/C34H38N4O3S.C2HF3O2/c1-21(2)24-12-14-26(15-13-24)33(41)36-27-16-17-28-29(19-27)42-34(37-28)32(40)31(25-10-8-23(20-35)9-11-25)38-30(39)18-22-6-4-3-5-7-22;3-2(4,5)1(6)7/h8-17,19,21-22,31H,3-7,18,20,35H2,1-2H3,(H,36,41)(H,38,39);(H,6,7). The molecular formula is C36H39F3N4O5S. The normalized spacial score (nSPS) is 14.1. The van der Waals surface area contributed by atoms with E-state index < -0.39 is 18.2 Å². The van der Waals surface area contributed by atoms with Crippen molar-refractivity contribution in [1.82, 2.24) is 10.3 Å². The number of aromatic nitrogens is 1. The fraction of sp³-hybridized carbons (Fsp3) is 0.361. The molecule has 0 bridgehead atoms. The van der Waals surface area contributed by atoms with E-state index in [0.29, 0.717) is 52.1 Å². The first-order valence-corrected chi connectivity index (χ1v) is 16.8. The van der Waals surface area contributed by atoms with Crippen LogP contribution in [0.3, 0.4) is 0 Å². The molecule has 260 valence electrons. The lowest BCUT2D eigenvalue weighted by atomic mass is 9.86. The van der Waals surface area contributed by atoms with E-state index in [1.165, 1.54) is 23.3 Å². The van der Waals surface area contributed by atoms with Gasteiger partial charge in [-0.15, -0.1) is 11.3 Å². The van der Waals surface area contributed by atoms with E-state index in [2.05, 4.69) is 29.5 Å². The Kier molecular flexibility index (Phi) is 12.7. The predicted molar refractivity (Wildman–Crippen MR) is 183 cm³/mol. The van der Waals surface area contributed by atoms with Gasteiger partial charge in [-0.05, 0) is 71.7 Å². The number of hydrogen-bond donors (Lipinski definition) is 4. The van der Waals surface area contributed by atoms with Crippen LogP contribution in [0.2, 0.25) is 0 Å². The van der Waals surface area contributed by atoms with E-state index in [9.17, 15) is 27.6 Å². The van der Waals surface area contributed by atoms with Crippen LogP contribution in [0.25, 0.3) is 10.2 Å². The van der Waals surface area contributed by atoms with Crippen LogP contribution in [0, 0.1) is 5.92 Å². The minimum Gasteiger partial charge on any atom is -0.475 e. The molecule has 1 saturated carbocycles. The van der Waals surface area contributed by atoms with Crippen molar-refractivity contribution in [2.45, 2.75) is 77.1 Å². The number of hydrogen-bond acceptors (Lipinski definition) is 7. The summed E-state index contributed by atoms with van der Waals surface area (Å²) in [4.78, 5) is 53.3. The van der Waals surface area contributed by atoms with E-state index in [-0.39, 0.29) is 17.6 Å². The first kappa shape index (κ1) is 37.2. The number of amides is 2. The van der Waals surface area contributed by atoms with Crippen LogP contribution in [-0.2, 0) is 16.1 Å². The van der Waals surface area contributed by atoms with E-state index >= 15 is 0 Å². The van der Waals surface area contributed by atoms with E-state index in [1.54, 1.807) is 12.1 Å². The van der Waals surface area contributed by atoms with Crippen molar-refractivity contribution in [3.63, 3.8) is 0 Å². The highest BCUT2D eigenvalue weighted by Gasteiger charge is 2.38. The largest absolute Gasteiger partial charge is 0.490 e. The number of carboxylic acids is 1. The van der Waals surface area contributed by atoms with Gasteiger partial charge in [0.15, 0.2) is 5.01 Å². The van der Waals surface area contributed by atoms with Crippen LogP contribution < -0.4 is 16.4 Å². The Labute approximate surface area is 286 Å². The Hall–Kier alpha value is -4.62. The van der Waals surface area contributed by atoms with Gasteiger partial charge in [0.2, 0.25) is 11.7 Å². The van der Waals surface area contributed by atoms with Gasteiger partial charge in [-0.25, -0.2) is 9.78 Å². The predicted octanol–water partition coefficient (Wildman–Crippen LogP) is 7.77. The highest BCUT2D eigenvalue weighted by Crippen LogP contribution is 2.30. The van der Waals surface area contributed by atoms with Crippen molar-refractivity contribution in [3.05, 3.63) is 94.0 Å². The van der Waals surface area contributed by atoms with Crippen molar-refractivity contribution < 1.29 is 37.5 Å². The van der Waals surface area contributed by atoms with Gasteiger partial charge in [0.05, 0.1) is 10.2 Å². The molecule has 0 spiro atoms. The van der Waals surface area contributed by atoms with Crippen LogP contribution >= 0.6 is 11.3 Å². The van der Waals surface area contributed by atoms with Crippen molar-refractivity contribution in [3.8, 4) is 0 Å². The maximum Gasteiger partial charge on any atom is 0.490 e. The highest BCUT2D eigenvalue weighted by atomic mass is 32.1. The monoisotopic (exact) mass is 696 g/mol. The molecule has 1 aliphatic carbocycles. The van der Waals surface area contributed by atoms with Crippen LogP contribution in [0.4, 0.5) is 18.9 Å². The molecule has 1 aliphatic rings. The summed E-state index contributed by atoms with van der Waals surface area (Å²) in [7, 11) is 0. The zero-order valence-corrected chi connectivity index (χ0v) is 28.0. The minimum atomic E-state index is -5.08. The summed E-state index contributed by atoms with van der Waals surface area (Å²) >= 11 is 1.26. The number of fused-ring (bicyclic) bond motifs is 1. The summed E-state index contributed by atoms with van der Waals surface area (Å²) in [6, 6.07) is 19.6. The molecule has 1 aromatic heterocycles. The smallest absolute Gasteiger partial charge is 0.475 e. The van der Waals surface area contributed by atoms with Crippen molar-refractivity contribution in [2.75, 3.05) is 5.32 Å². The molecule has 9 nitrogen and oxygen atoms in total. The molecule has 1 heterocycles. The molecule has 4 aromatic rings. The van der Waals surface area contributed by atoms with Gasteiger partial charge < -0.3 is 21.5 Å². The molecule has 0 aliphatic heterocycles. The van der Waals surface area contributed by atoms with Crippen molar-refractivity contribution in [2.24, 2.45) is 11.7 Å². The SMILES string of the molecule is CC(C)c1ccc(C(=O)Nc2ccc3nc(C(=O)C(NC(=O)CC4CCCCC4)c4ccc(CN)cc4)sc3c2)cc1.O=C(O)C(F)(F)F. The maximum atomic E-state index is 13.9. The Morgan fingerprint density at radius 1 is 0.939 bits per heavy atom. The third kappa shape index (κ3) is 10.4. The Morgan fingerprint density at radius 2 is 1.55 bits per heavy atom. The first-order valence-electron chi connectivity index (χ1n) is 16.0. The lowest BCUT2D eigenvalue weighted by molar-refractivity contribution is -0.192. The molecule has 0 radical (unpaired) electrons. The van der Waals surface area contributed by atoms with Gasteiger partial charge in [0.25, 0.3) is 5.91 Å². The molecule has 5 N–H and O–H groups in total. The minimum absolute atomic E-state index is 0.115. The Morgan fingerprint density at radius 3 is 2.12 bits per heavy atom. The second-order valence-corrected chi connectivity index (χ2v) is 13.3. The summed E-state index contributed by atoms with van der Waals surface area (Å²) in [6.45, 7) is 4.62. The third-order valence-corrected chi connectivity index (χ3v) is 9.29. The molecule has 5 rings (SSSR count). The number of rotatable bonds is 10. The second kappa shape index (κ2) is 16.7. The number of benzene rings is 3. The van der Waals surface area contributed by atoms with E-state index in [1.807, 2.05) is 54.6 Å². The van der Waals surface area contributed by atoms with Crippen LogP contribution in [0.1, 0.15) is 101 Å². The average molecular weight is 697 g/mol. The van der Waals surface area contributed by atoms with Gasteiger partial charge in [-0.2, -0.15) is 13.2 Å². The van der Waals surface area contributed by atoms with Gasteiger partial charge >= 0.3 is 12.1 Å². The molecule has 1 unspecified atom stereocenters. The average Bonchev–Trinajstić information content (AvgIpc) is 3.51. The van der Waals surface area contributed by atoms with Gasteiger partial charge in [-0.3, -0.25) is 14.4 Å². The molecule has 0 saturated heterocycles. The fourth-order valence-corrected chi connectivity index (χ4v) is 6.45. The number of carboxylic acid groups (broad SMARTS) is 1. The molecule has 49 heavy (non-hydrogen) atoms. The number of ketones is 1. The number of nitrogens with one attached hydrogen (secondary N) is 2. The number of halogens is 3. The summed E-state index contributed by atoms with van der Waals surface area (Å²) in [5.41, 5.74) is 10.5. The molecule has 1 atom stereocenters. The lowest BCUT2D eigenvalue weighted by Crippen LogP contribution is -2.35. The number of carbonyl (C=O) groups excluding carboxylic acids is 3. The zero-order valence-electron chi connectivity index (χ0n) is 27.2. The summed E-state index contributed by atoms with van der Waals surface area (Å²) in [5, 5.41) is 13.4. The highest BCUT2D eigenvalue weighted by molar-refractivity contribution is 7.20. The topological polar surface area (TPSA) is 151 Å². The number of thiazole rings is 1. The van der Waals surface area contributed by atoms with Crippen molar-refractivity contribution in [1.29, 1.82) is 0 Å². The van der Waals surface area contributed by atoms with Crippen LogP contribution in [0.15, 0.2) is 66.7 Å². The number of aliphatic carboxylic acids is 1. The number of nitrogens with zero attached hydrogens (tertiary/aromatic N) is 1. The number of nitrogens with two attached hydrogens (primary N) is 1. The molecular weight excluding hydrogens is 657 g/mol. The molecule has 3 aromatic carbocycles. The Balaban J connectivity index is 0.000000698. The zero-order chi connectivity index (χ0) is 35.7. The van der Waals surface area contributed by atoms with Crippen molar-refractivity contribution >= 4 is 50.8 Å². The number of carbonyl (C=O) groups is 4. The van der Waals surface area contributed by atoms with E-state index in [4.69, 9.17) is 15.6 Å². The quantitative estimate of drug-likeness (QED) is 0.124.